The highest BCUT2D eigenvalue weighted by Gasteiger charge is 2.49. The molecule has 2 amide bonds. The van der Waals surface area contributed by atoms with E-state index < -0.39 is 5.54 Å². The number of hydrogen-bond donors (Lipinski definition) is 1. The van der Waals surface area contributed by atoms with Crippen molar-refractivity contribution < 1.29 is 14.3 Å². The van der Waals surface area contributed by atoms with Crippen LogP contribution < -0.4 is 15.0 Å². The average Bonchev–Trinajstić information content (AvgIpc) is 3.58. The number of amides is 2. The number of carbonyl (C=O) groups is 2. The van der Waals surface area contributed by atoms with Crippen molar-refractivity contribution in [2.45, 2.75) is 38.9 Å². The molecule has 1 atom stereocenters. The highest BCUT2D eigenvalue weighted by molar-refractivity contribution is 7.13. The molecule has 0 radical (unpaired) electrons. The maximum Gasteiger partial charge on any atom is 0.277 e. The zero-order valence-electron chi connectivity index (χ0n) is 20.5. The van der Waals surface area contributed by atoms with Gasteiger partial charge in [0.15, 0.2) is 0 Å². The van der Waals surface area contributed by atoms with Crippen LogP contribution in [0.1, 0.15) is 35.5 Å². The fourth-order valence-electron chi connectivity index (χ4n) is 4.65. The van der Waals surface area contributed by atoms with Gasteiger partial charge >= 0.3 is 0 Å². The van der Waals surface area contributed by atoms with Crippen LogP contribution >= 0.6 is 11.3 Å². The SMILES string of the molecule is CCc1ccccc1N1C(=O)c2cc(-c3cccs3)nn2CC1(C)C(=O)NCc1ccc(OC)cc1. The van der Waals surface area contributed by atoms with Crippen LogP contribution in [-0.2, 0) is 24.3 Å². The summed E-state index contributed by atoms with van der Waals surface area (Å²) in [5.41, 5.74) is 2.73. The van der Waals surface area contributed by atoms with Gasteiger partial charge in [0, 0.05) is 12.2 Å². The van der Waals surface area contributed by atoms with E-state index in [0.29, 0.717) is 12.2 Å². The van der Waals surface area contributed by atoms with Gasteiger partial charge in [-0.1, -0.05) is 43.3 Å². The number of aromatic nitrogens is 2. The number of nitrogens with zero attached hydrogens (tertiary/aromatic N) is 3. The lowest BCUT2D eigenvalue weighted by Gasteiger charge is -2.43. The maximum atomic E-state index is 14.0. The lowest BCUT2D eigenvalue weighted by Crippen LogP contribution is -2.64. The average molecular weight is 501 g/mol. The normalized spacial score (nSPS) is 17.1. The molecule has 1 aliphatic heterocycles. The summed E-state index contributed by atoms with van der Waals surface area (Å²) in [4.78, 5) is 30.5. The first-order chi connectivity index (χ1) is 17.4. The van der Waals surface area contributed by atoms with E-state index in [9.17, 15) is 9.59 Å². The zero-order valence-corrected chi connectivity index (χ0v) is 21.3. The minimum absolute atomic E-state index is 0.237. The molecule has 36 heavy (non-hydrogen) atoms. The molecule has 2 aromatic carbocycles. The third-order valence-electron chi connectivity index (χ3n) is 6.64. The standard InChI is InChI=1S/C28H28N4O3S/c1-4-20-8-5-6-9-23(20)32-26(33)24-16-22(25-10-7-15-36-25)30-31(24)18-28(32,2)27(34)29-17-19-11-13-21(35-3)14-12-19/h5-16H,4,17-18H2,1-3H3,(H,29,34). The van der Waals surface area contributed by atoms with Gasteiger partial charge in [-0.3, -0.25) is 19.2 Å². The van der Waals surface area contributed by atoms with Crippen molar-refractivity contribution in [3.05, 3.63) is 88.9 Å². The van der Waals surface area contributed by atoms with Crippen molar-refractivity contribution in [3.63, 3.8) is 0 Å². The van der Waals surface area contributed by atoms with E-state index in [1.54, 1.807) is 28.0 Å². The molecule has 0 saturated carbocycles. The van der Waals surface area contributed by atoms with Gasteiger partial charge in [0.05, 0.1) is 18.5 Å². The molecule has 0 bridgehead atoms. The van der Waals surface area contributed by atoms with E-state index in [-0.39, 0.29) is 18.4 Å². The predicted molar refractivity (Wildman–Crippen MR) is 141 cm³/mol. The molecule has 0 spiro atoms. The third-order valence-corrected chi connectivity index (χ3v) is 7.53. The Morgan fingerprint density at radius 2 is 1.92 bits per heavy atom. The molecule has 5 rings (SSSR count). The first kappa shape index (κ1) is 23.8. The highest BCUT2D eigenvalue weighted by Crippen LogP contribution is 2.36. The molecule has 1 unspecified atom stereocenters. The second kappa shape index (κ2) is 9.62. The van der Waals surface area contributed by atoms with Crippen molar-refractivity contribution in [1.82, 2.24) is 15.1 Å². The van der Waals surface area contributed by atoms with Crippen LogP contribution in [0.3, 0.4) is 0 Å². The van der Waals surface area contributed by atoms with Crippen LogP contribution in [0.15, 0.2) is 72.1 Å². The van der Waals surface area contributed by atoms with Crippen LogP contribution in [0.4, 0.5) is 5.69 Å². The van der Waals surface area contributed by atoms with Crippen molar-refractivity contribution in [1.29, 1.82) is 0 Å². The van der Waals surface area contributed by atoms with E-state index in [0.717, 1.165) is 39.6 Å². The first-order valence-electron chi connectivity index (χ1n) is 11.9. The quantitative estimate of drug-likeness (QED) is 0.391. The highest BCUT2D eigenvalue weighted by atomic mass is 32.1. The number of carbonyl (C=O) groups excluding carboxylic acids is 2. The van der Waals surface area contributed by atoms with Gasteiger partial charge in [-0.05, 0) is 60.2 Å². The van der Waals surface area contributed by atoms with Gasteiger partial charge in [0.1, 0.15) is 22.7 Å². The number of para-hydroxylation sites is 1. The predicted octanol–water partition coefficient (Wildman–Crippen LogP) is 4.92. The molecule has 0 fully saturated rings. The Kier molecular flexibility index (Phi) is 6.36. The molecule has 1 aliphatic rings. The summed E-state index contributed by atoms with van der Waals surface area (Å²) >= 11 is 1.57. The van der Waals surface area contributed by atoms with Crippen molar-refractivity contribution in [2.24, 2.45) is 0 Å². The summed E-state index contributed by atoms with van der Waals surface area (Å²) in [6.45, 7) is 4.44. The number of benzene rings is 2. The Hall–Kier alpha value is -3.91. The molecular weight excluding hydrogens is 472 g/mol. The number of thiophene rings is 1. The van der Waals surface area contributed by atoms with Gasteiger partial charge in [0.2, 0.25) is 5.91 Å². The number of fused-ring (bicyclic) bond motifs is 1. The number of aryl methyl sites for hydroxylation is 1. The minimum Gasteiger partial charge on any atom is -0.497 e. The van der Waals surface area contributed by atoms with E-state index in [1.165, 1.54) is 0 Å². The molecule has 184 valence electrons. The van der Waals surface area contributed by atoms with Crippen molar-refractivity contribution in [3.8, 4) is 16.3 Å². The summed E-state index contributed by atoms with van der Waals surface area (Å²) in [7, 11) is 1.62. The second-order valence-corrected chi connectivity index (χ2v) is 9.92. The summed E-state index contributed by atoms with van der Waals surface area (Å²) in [5, 5.41) is 9.75. The summed E-state index contributed by atoms with van der Waals surface area (Å²) in [6, 6.07) is 21.1. The smallest absolute Gasteiger partial charge is 0.277 e. The molecule has 4 aromatic rings. The fraction of sp³-hybridized carbons (Fsp3) is 0.250. The third kappa shape index (κ3) is 4.18. The number of methoxy groups -OCH3 is 1. The van der Waals surface area contributed by atoms with Crippen molar-refractivity contribution >= 4 is 28.8 Å². The van der Waals surface area contributed by atoms with Gasteiger partial charge in [-0.25, -0.2) is 0 Å². The largest absolute Gasteiger partial charge is 0.497 e. The lowest BCUT2D eigenvalue weighted by molar-refractivity contribution is -0.126. The lowest BCUT2D eigenvalue weighted by atomic mass is 9.92. The Balaban J connectivity index is 1.53. The summed E-state index contributed by atoms with van der Waals surface area (Å²) in [5.74, 6) is 0.279. The van der Waals surface area contributed by atoms with Gasteiger partial charge in [0.25, 0.3) is 5.91 Å². The molecule has 3 heterocycles. The van der Waals surface area contributed by atoms with Crippen molar-refractivity contribution in [2.75, 3.05) is 12.0 Å². The topological polar surface area (TPSA) is 76.5 Å². The second-order valence-electron chi connectivity index (χ2n) is 8.98. The Morgan fingerprint density at radius 3 is 2.61 bits per heavy atom. The summed E-state index contributed by atoms with van der Waals surface area (Å²) < 4.78 is 6.90. The molecule has 0 saturated heterocycles. The van der Waals surface area contributed by atoms with Gasteiger partial charge in [-0.2, -0.15) is 5.10 Å². The van der Waals surface area contributed by atoms with Gasteiger partial charge in [-0.15, -0.1) is 11.3 Å². The first-order valence-corrected chi connectivity index (χ1v) is 12.8. The molecule has 8 heteroatoms. The Bertz CT molecular complexity index is 1390. The van der Waals surface area contributed by atoms with E-state index in [1.807, 2.05) is 86.0 Å². The van der Waals surface area contributed by atoms with Crippen LogP contribution in [-0.4, -0.2) is 34.2 Å². The molecule has 0 aliphatic carbocycles. The number of anilines is 1. The van der Waals surface area contributed by atoms with Crippen LogP contribution in [0, 0.1) is 0 Å². The molecule has 1 N–H and O–H groups in total. The van der Waals surface area contributed by atoms with E-state index in [2.05, 4.69) is 5.32 Å². The van der Waals surface area contributed by atoms with Crippen LogP contribution in [0.2, 0.25) is 0 Å². The fourth-order valence-corrected chi connectivity index (χ4v) is 5.33. The molecule has 7 nitrogen and oxygen atoms in total. The Labute approximate surface area is 214 Å². The monoisotopic (exact) mass is 500 g/mol. The minimum atomic E-state index is -1.18. The maximum absolute atomic E-state index is 14.0. The molecular formula is C28H28N4O3S. The Morgan fingerprint density at radius 1 is 1.14 bits per heavy atom. The van der Waals surface area contributed by atoms with Crippen LogP contribution in [0.5, 0.6) is 5.75 Å². The summed E-state index contributed by atoms with van der Waals surface area (Å²) in [6.07, 6.45) is 0.739. The number of nitrogens with one attached hydrogen (secondary N) is 1. The number of hydrogen-bond acceptors (Lipinski definition) is 5. The zero-order chi connectivity index (χ0) is 25.3. The molecule has 2 aromatic heterocycles. The van der Waals surface area contributed by atoms with Crippen LogP contribution in [0.25, 0.3) is 10.6 Å². The van der Waals surface area contributed by atoms with Gasteiger partial charge < -0.3 is 10.1 Å². The van der Waals surface area contributed by atoms with E-state index >= 15 is 0 Å². The number of ether oxygens (including phenoxy) is 1. The number of rotatable bonds is 7. The van der Waals surface area contributed by atoms with E-state index in [4.69, 9.17) is 9.84 Å².